The Kier molecular flexibility index (Phi) is 5.04. The van der Waals surface area contributed by atoms with Gasteiger partial charge in [0.05, 0.1) is 10.5 Å². The average molecular weight is 365 g/mol. The molecule has 130 valence electrons. The molecule has 1 fully saturated rings. The van der Waals surface area contributed by atoms with Crippen LogP contribution in [0, 0.1) is 6.92 Å². The summed E-state index contributed by atoms with van der Waals surface area (Å²) in [5.41, 5.74) is 2.73. The summed E-state index contributed by atoms with van der Waals surface area (Å²) in [6.45, 7) is 1.85. The third-order valence-electron chi connectivity index (χ3n) is 3.72. The number of amides is 2. The summed E-state index contributed by atoms with van der Waals surface area (Å²) < 4.78 is 0. The summed E-state index contributed by atoms with van der Waals surface area (Å²) in [5.74, 6) is -0.725. The van der Waals surface area contributed by atoms with Crippen LogP contribution in [0.25, 0.3) is 12.2 Å². The fourth-order valence-corrected chi connectivity index (χ4v) is 3.07. The third-order valence-corrected chi connectivity index (χ3v) is 4.53. The van der Waals surface area contributed by atoms with Gasteiger partial charge in [-0.25, -0.2) is 0 Å². The zero-order chi connectivity index (χ0) is 18.7. The maximum absolute atomic E-state index is 12.2. The van der Waals surface area contributed by atoms with Crippen LogP contribution in [0.4, 0.5) is 4.79 Å². The van der Waals surface area contributed by atoms with Crippen LogP contribution >= 0.6 is 11.8 Å². The number of phenols is 1. The van der Waals surface area contributed by atoms with Gasteiger partial charge in [-0.2, -0.15) is 0 Å². The number of phenolic OH excluding ortho intramolecular Hbond substituents is 1. The number of aromatic hydroxyl groups is 1. The van der Waals surface area contributed by atoms with Gasteiger partial charge in [-0.05, 0) is 54.1 Å². The second kappa shape index (κ2) is 7.41. The lowest BCUT2D eigenvalue weighted by Gasteiger charge is -2.02. The van der Waals surface area contributed by atoms with Gasteiger partial charge in [-0.3, -0.25) is 19.7 Å². The standard InChI is InChI=1S/C20H15NO4S/c1-12-2-8-16(22)15(10-12)17(23)9-7-13-3-5-14(6-4-13)11-18-19(24)21-20(25)26-18/h2-11,22H,1H3,(H,21,24,25)/b9-7+,18-11+. The molecule has 0 spiro atoms. The number of carbonyl (C=O) groups excluding carboxylic acids is 3. The number of benzene rings is 2. The van der Waals surface area contributed by atoms with Crippen LogP contribution in [0.3, 0.4) is 0 Å². The highest BCUT2D eigenvalue weighted by molar-refractivity contribution is 8.18. The van der Waals surface area contributed by atoms with E-state index in [2.05, 4.69) is 5.32 Å². The number of hydrogen-bond donors (Lipinski definition) is 2. The minimum Gasteiger partial charge on any atom is -0.507 e. The number of aryl methyl sites for hydroxylation is 1. The normalized spacial score (nSPS) is 15.7. The largest absolute Gasteiger partial charge is 0.507 e. The van der Waals surface area contributed by atoms with E-state index in [0.29, 0.717) is 4.91 Å². The van der Waals surface area contributed by atoms with Crippen molar-refractivity contribution < 1.29 is 19.5 Å². The van der Waals surface area contributed by atoms with Gasteiger partial charge in [-0.15, -0.1) is 0 Å². The van der Waals surface area contributed by atoms with Crippen LogP contribution in [0.5, 0.6) is 5.75 Å². The predicted octanol–water partition coefficient (Wildman–Crippen LogP) is 3.92. The Bertz CT molecular complexity index is 958. The highest BCUT2D eigenvalue weighted by atomic mass is 32.2. The van der Waals surface area contributed by atoms with Gasteiger partial charge in [0.25, 0.3) is 11.1 Å². The lowest BCUT2D eigenvalue weighted by molar-refractivity contribution is -0.115. The first-order chi connectivity index (χ1) is 12.4. The van der Waals surface area contributed by atoms with E-state index in [9.17, 15) is 19.5 Å². The summed E-state index contributed by atoms with van der Waals surface area (Å²) >= 11 is 0.866. The molecule has 1 aliphatic rings. The highest BCUT2D eigenvalue weighted by Gasteiger charge is 2.24. The van der Waals surface area contributed by atoms with Crippen LogP contribution < -0.4 is 5.32 Å². The minimum absolute atomic E-state index is 0.0471. The van der Waals surface area contributed by atoms with Crippen molar-refractivity contribution in [3.05, 3.63) is 75.7 Å². The monoisotopic (exact) mass is 365 g/mol. The zero-order valence-electron chi connectivity index (χ0n) is 13.9. The Morgan fingerprint density at radius 2 is 1.77 bits per heavy atom. The molecule has 2 aromatic rings. The van der Waals surface area contributed by atoms with Crippen LogP contribution in [-0.2, 0) is 4.79 Å². The van der Waals surface area contributed by atoms with Crippen LogP contribution in [0.2, 0.25) is 0 Å². The van der Waals surface area contributed by atoms with Gasteiger partial charge in [0.2, 0.25) is 0 Å². The quantitative estimate of drug-likeness (QED) is 0.634. The smallest absolute Gasteiger partial charge is 0.290 e. The number of imide groups is 1. The molecule has 1 heterocycles. The summed E-state index contributed by atoms with van der Waals surface area (Å²) in [6, 6.07) is 12.1. The number of thioether (sulfide) groups is 1. The second-order valence-electron chi connectivity index (χ2n) is 5.74. The summed E-state index contributed by atoms with van der Waals surface area (Å²) in [5, 5.41) is 11.6. The van der Waals surface area contributed by atoms with Crippen molar-refractivity contribution in [2.45, 2.75) is 6.92 Å². The van der Waals surface area contributed by atoms with E-state index in [0.717, 1.165) is 28.5 Å². The molecule has 6 heteroatoms. The van der Waals surface area contributed by atoms with Crippen molar-refractivity contribution in [1.82, 2.24) is 5.32 Å². The van der Waals surface area contributed by atoms with Crippen molar-refractivity contribution in [3.63, 3.8) is 0 Å². The van der Waals surface area contributed by atoms with Crippen LogP contribution in [0.1, 0.15) is 27.0 Å². The average Bonchev–Trinajstić information content (AvgIpc) is 2.93. The van der Waals surface area contributed by atoms with Crippen molar-refractivity contribution in [1.29, 1.82) is 0 Å². The van der Waals surface area contributed by atoms with Gasteiger partial charge >= 0.3 is 0 Å². The molecule has 26 heavy (non-hydrogen) atoms. The lowest BCUT2D eigenvalue weighted by atomic mass is 10.0. The number of nitrogens with one attached hydrogen (secondary N) is 1. The molecule has 1 saturated heterocycles. The first-order valence-corrected chi connectivity index (χ1v) is 8.61. The maximum atomic E-state index is 12.2. The molecule has 2 N–H and O–H groups in total. The van der Waals surface area contributed by atoms with Gasteiger partial charge in [0.1, 0.15) is 5.75 Å². The molecule has 1 aliphatic heterocycles. The molecule has 0 radical (unpaired) electrons. The first kappa shape index (κ1) is 17.7. The van der Waals surface area contributed by atoms with E-state index in [4.69, 9.17) is 0 Å². The summed E-state index contributed by atoms with van der Waals surface area (Å²) in [4.78, 5) is 35.2. The van der Waals surface area contributed by atoms with Crippen LogP contribution in [0.15, 0.2) is 53.4 Å². The Morgan fingerprint density at radius 1 is 1.08 bits per heavy atom. The number of allylic oxidation sites excluding steroid dienone is 1. The van der Waals surface area contributed by atoms with Crippen molar-refractivity contribution >= 4 is 40.8 Å². The van der Waals surface area contributed by atoms with Crippen molar-refractivity contribution in [2.75, 3.05) is 0 Å². The molecule has 0 bridgehead atoms. The fourth-order valence-electron chi connectivity index (χ4n) is 2.38. The molecular weight excluding hydrogens is 350 g/mol. The Hall–Kier alpha value is -3.12. The first-order valence-electron chi connectivity index (χ1n) is 7.79. The van der Waals surface area contributed by atoms with Crippen LogP contribution in [-0.4, -0.2) is 22.0 Å². The Labute approximate surface area is 154 Å². The molecule has 5 nitrogen and oxygen atoms in total. The lowest BCUT2D eigenvalue weighted by Crippen LogP contribution is -2.17. The number of carbonyl (C=O) groups is 3. The molecule has 2 amide bonds. The van der Waals surface area contributed by atoms with Gasteiger partial charge in [-0.1, -0.05) is 42.0 Å². The number of ketones is 1. The minimum atomic E-state index is -0.396. The molecule has 2 aromatic carbocycles. The Balaban J connectivity index is 1.73. The van der Waals surface area contributed by atoms with E-state index < -0.39 is 5.91 Å². The number of hydrogen-bond acceptors (Lipinski definition) is 5. The molecule has 0 unspecified atom stereocenters. The fraction of sp³-hybridized carbons (Fsp3) is 0.0500. The van der Waals surface area contributed by atoms with E-state index in [1.807, 2.05) is 6.92 Å². The third kappa shape index (κ3) is 4.10. The molecule has 0 aromatic heterocycles. The van der Waals surface area contributed by atoms with Gasteiger partial charge in [0.15, 0.2) is 5.78 Å². The van der Waals surface area contributed by atoms with Gasteiger partial charge in [0, 0.05) is 0 Å². The van der Waals surface area contributed by atoms with E-state index in [1.54, 1.807) is 48.6 Å². The van der Waals surface area contributed by atoms with Crippen molar-refractivity contribution in [3.8, 4) is 5.75 Å². The predicted molar refractivity (Wildman–Crippen MR) is 102 cm³/mol. The molecule has 0 saturated carbocycles. The summed E-state index contributed by atoms with van der Waals surface area (Å²) in [6.07, 6.45) is 4.69. The topological polar surface area (TPSA) is 83.5 Å². The highest BCUT2D eigenvalue weighted by Crippen LogP contribution is 2.25. The van der Waals surface area contributed by atoms with E-state index in [1.165, 1.54) is 12.1 Å². The van der Waals surface area contributed by atoms with Crippen molar-refractivity contribution in [2.24, 2.45) is 0 Å². The molecule has 3 rings (SSSR count). The second-order valence-corrected chi connectivity index (χ2v) is 6.75. The summed E-state index contributed by atoms with van der Waals surface area (Å²) in [7, 11) is 0. The molecule has 0 atom stereocenters. The molecular formula is C20H15NO4S. The molecule has 0 aliphatic carbocycles. The van der Waals surface area contributed by atoms with E-state index >= 15 is 0 Å². The SMILES string of the molecule is Cc1ccc(O)c(C(=O)/C=C/c2ccc(/C=C3/SC(=O)NC3=O)cc2)c1. The Morgan fingerprint density at radius 3 is 2.42 bits per heavy atom. The number of rotatable bonds is 4. The van der Waals surface area contributed by atoms with E-state index in [-0.39, 0.29) is 22.3 Å². The zero-order valence-corrected chi connectivity index (χ0v) is 14.7. The maximum Gasteiger partial charge on any atom is 0.290 e. The van der Waals surface area contributed by atoms with Gasteiger partial charge < -0.3 is 5.11 Å².